The maximum Gasteiger partial charge on any atom is 0.311 e. The number of aryl methyl sites for hydroxylation is 1. The van der Waals surface area contributed by atoms with Crippen molar-refractivity contribution in [1.82, 2.24) is 0 Å². The Morgan fingerprint density at radius 3 is 2.46 bits per heavy atom. The van der Waals surface area contributed by atoms with Crippen LogP contribution < -0.4 is 4.74 Å². The molecule has 0 aliphatic rings. The number of carbonyl (C=O) groups excluding carboxylic acids is 1. The second-order valence-electron chi connectivity index (χ2n) is 6.90. The zero-order chi connectivity index (χ0) is 19.6. The molecule has 0 amide bonds. The number of ether oxygens (including phenoxy) is 1. The van der Waals surface area contributed by atoms with Crippen LogP contribution in [0.4, 0.5) is 0 Å². The van der Waals surface area contributed by atoms with E-state index in [-0.39, 0.29) is 35.4 Å². The number of benzene rings is 2. The Labute approximate surface area is 153 Å². The molecule has 0 bridgehead atoms. The van der Waals surface area contributed by atoms with Crippen molar-refractivity contribution in [2.75, 3.05) is 0 Å². The van der Waals surface area contributed by atoms with E-state index < -0.39 is 5.75 Å². The number of unbranched alkanes of at least 4 members (excludes halogenated alkanes) is 1. The molecular weight excluding hydrogens is 330 g/mol. The third kappa shape index (κ3) is 3.32. The summed E-state index contributed by atoms with van der Waals surface area (Å²) >= 11 is 0. The number of phenolic OH excluding ortho intramolecular Hbond substituents is 2. The van der Waals surface area contributed by atoms with Gasteiger partial charge >= 0.3 is 5.97 Å². The van der Waals surface area contributed by atoms with Gasteiger partial charge < -0.3 is 14.9 Å². The first-order valence-corrected chi connectivity index (χ1v) is 8.86. The highest BCUT2D eigenvalue weighted by molar-refractivity contribution is 6.02. The molecule has 0 unspecified atom stereocenters. The van der Waals surface area contributed by atoms with Gasteiger partial charge in [-0.25, -0.2) is 0 Å². The smallest absolute Gasteiger partial charge is 0.311 e. The van der Waals surface area contributed by atoms with Gasteiger partial charge in [-0.1, -0.05) is 33.3 Å². The van der Waals surface area contributed by atoms with Crippen molar-refractivity contribution in [3.05, 3.63) is 28.3 Å². The Balaban J connectivity index is 2.89. The molecule has 2 aromatic carbocycles. The SMILES string of the molecule is CCCCC(=O)Oc1c(C)c(C)cc2c(C(C)C)c(O)c(O)c(C#N)c12. The van der Waals surface area contributed by atoms with Crippen LogP contribution in [-0.4, -0.2) is 16.2 Å². The molecule has 0 radical (unpaired) electrons. The molecular formula is C21H25NO4. The first kappa shape index (κ1) is 19.6. The lowest BCUT2D eigenvalue weighted by Crippen LogP contribution is -2.10. The van der Waals surface area contributed by atoms with E-state index in [0.717, 1.165) is 24.0 Å². The minimum absolute atomic E-state index is 0.0803. The highest BCUT2D eigenvalue weighted by Crippen LogP contribution is 2.47. The molecule has 2 aromatic rings. The number of nitriles is 1. The summed E-state index contributed by atoms with van der Waals surface area (Å²) in [6.45, 7) is 9.48. The van der Waals surface area contributed by atoms with E-state index in [1.807, 2.05) is 46.8 Å². The van der Waals surface area contributed by atoms with Crippen LogP contribution in [0.15, 0.2) is 6.07 Å². The molecule has 0 heterocycles. The Kier molecular flexibility index (Phi) is 5.76. The van der Waals surface area contributed by atoms with Gasteiger partial charge in [-0.15, -0.1) is 0 Å². The average Bonchev–Trinajstić information content (AvgIpc) is 2.58. The number of fused-ring (bicyclic) bond motifs is 1. The number of carbonyl (C=O) groups is 1. The van der Waals surface area contributed by atoms with Crippen LogP contribution in [0.25, 0.3) is 10.8 Å². The molecule has 2 rings (SSSR count). The minimum Gasteiger partial charge on any atom is -0.504 e. The first-order valence-electron chi connectivity index (χ1n) is 8.86. The summed E-state index contributed by atoms with van der Waals surface area (Å²) in [4.78, 5) is 12.2. The third-order valence-corrected chi connectivity index (χ3v) is 4.69. The zero-order valence-electron chi connectivity index (χ0n) is 15.9. The Bertz CT molecular complexity index is 907. The lowest BCUT2D eigenvalue weighted by atomic mass is 9.88. The first-order chi connectivity index (χ1) is 12.2. The van der Waals surface area contributed by atoms with E-state index >= 15 is 0 Å². The van der Waals surface area contributed by atoms with E-state index in [2.05, 4.69) is 0 Å². The van der Waals surface area contributed by atoms with Crippen LogP contribution in [0.2, 0.25) is 0 Å². The van der Waals surface area contributed by atoms with Crippen molar-refractivity contribution < 1.29 is 19.7 Å². The molecule has 0 aliphatic heterocycles. The van der Waals surface area contributed by atoms with Gasteiger partial charge in [-0.2, -0.15) is 5.26 Å². The molecule has 0 atom stereocenters. The second kappa shape index (κ2) is 7.65. The number of esters is 1. The lowest BCUT2D eigenvalue weighted by molar-refractivity contribution is -0.134. The predicted molar refractivity (Wildman–Crippen MR) is 101 cm³/mol. The van der Waals surface area contributed by atoms with Gasteiger partial charge in [0.15, 0.2) is 11.5 Å². The summed E-state index contributed by atoms with van der Waals surface area (Å²) in [7, 11) is 0. The molecule has 2 N–H and O–H groups in total. The zero-order valence-corrected chi connectivity index (χ0v) is 15.9. The fourth-order valence-corrected chi connectivity index (χ4v) is 3.15. The lowest BCUT2D eigenvalue weighted by Gasteiger charge is -2.20. The Morgan fingerprint density at radius 1 is 1.27 bits per heavy atom. The molecule has 5 heteroatoms. The molecule has 26 heavy (non-hydrogen) atoms. The summed E-state index contributed by atoms with van der Waals surface area (Å²) in [6.07, 6.45) is 1.88. The van der Waals surface area contributed by atoms with Crippen LogP contribution in [0.1, 0.15) is 68.2 Å². The van der Waals surface area contributed by atoms with E-state index in [4.69, 9.17) is 4.74 Å². The standard InChI is InChI=1S/C21H25NO4/c1-6-7-8-16(23)26-21-13(5)12(4)9-14-17(11(2)3)20(25)19(24)15(10-22)18(14)21/h9,11,24-25H,6-8H2,1-5H3. The van der Waals surface area contributed by atoms with E-state index in [1.165, 1.54) is 0 Å². The molecule has 0 saturated heterocycles. The molecule has 0 aliphatic carbocycles. The Morgan fingerprint density at radius 2 is 1.92 bits per heavy atom. The quantitative estimate of drug-likeness (QED) is 0.449. The third-order valence-electron chi connectivity index (χ3n) is 4.69. The fourth-order valence-electron chi connectivity index (χ4n) is 3.15. The van der Waals surface area contributed by atoms with Crippen molar-refractivity contribution in [2.24, 2.45) is 0 Å². The molecule has 0 aromatic heterocycles. The van der Waals surface area contributed by atoms with Crippen LogP contribution in [0.5, 0.6) is 17.2 Å². The number of aromatic hydroxyl groups is 2. The van der Waals surface area contributed by atoms with E-state index in [0.29, 0.717) is 16.3 Å². The maximum atomic E-state index is 12.2. The van der Waals surface area contributed by atoms with Crippen molar-refractivity contribution in [3.63, 3.8) is 0 Å². The highest BCUT2D eigenvalue weighted by Gasteiger charge is 2.25. The van der Waals surface area contributed by atoms with Gasteiger partial charge in [-0.05, 0) is 42.7 Å². The fraction of sp³-hybridized carbons (Fsp3) is 0.429. The van der Waals surface area contributed by atoms with Crippen LogP contribution in [0.3, 0.4) is 0 Å². The van der Waals surface area contributed by atoms with Gasteiger partial charge in [0.05, 0.1) is 0 Å². The molecule has 5 nitrogen and oxygen atoms in total. The largest absolute Gasteiger partial charge is 0.504 e. The van der Waals surface area contributed by atoms with Crippen LogP contribution >= 0.6 is 0 Å². The average molecular weight is 355 g/mol. The molecule has 138 valence electrons. The predicted octanol–water partition coefficient (Wildman–Crippen LogP) is 4.96. The van der Waals surface area contributed by atoms with E-state index in [9.17, 15) is 20.3 Å². The normalized spacial score (nSPS) is 11.0. The highest BCUT2D eigenvalue weighted by atomic mass is 16.5. The molecule has 0 spiro atoms. The number of phenols is 2. The van der Waals surface area contributed by atoms with Gasteiger partial charge in [-0.3, -0.25) is 4.79 Å². The Hall–Kier alpha value is -2.74. The van der Waals surface area contributed by atoms with Gasteiger partial charge in [0.25, 0.3) is 0 Å². The number of rotatable bonds is 5. The monoisotopic (exact) mass is 355 g/mol. The summed E-state index contributed by atoms with van der Waals surface area (Å²) in [5, 5.41) is 31.4. The topological polar surface area (TPSA) is 90.6 Å². The number of nitrogens with zero attached hydrogens (tertiary/aromatic N) is 1. The van der Waals surface area contributed by atoms with Crippen LogP contribution in [0, 0.1) is 25.2 Å². The minimum atomic E-state index is -0.474. The summed E-state index contributed by atoms with van der Waals surface area (Å²) < 4.78 is 5.63. The summed E-state index contributed by atoms with van der Waals surface area (Å²) in [5.41, 5.74) is 2.07. The molecule has 0 saturated carbocycles. The van der Waals surface area contributed by atoms with Gasteiger partial charge in [0.1, 0.15) is 17.4 Å². The summed E-state index contributed by atoms with van der Waals surface area (Å²) in [5.74, 6) is -0.950. The summed E-state index contributed by atoms with van der Waals surface area (Å²) in [6, 6.07) is 3.81. The number of hydrogen-bond acceptors (Lipinski definition) is 5. The van der Waals surface area contributed by atoms with Crippen molar-refractivity contribution in [2.45, 2.75) is 59.8 Å². The van der Waals surface area contributed by atoms with Crippen LogP contribution in [-0.2, 0) is 4.79 Å². The van der Waals surface area contributed by atoms with Gasteiger partial charge in [0.2, 0.25) is 0 Å². The second-order valence-corrected chi connectivity index (χ2v) is 6.90. The van der Waals surface area contributed by atoms with Crippen molar-refractivity contribution in [3.8, 4) is 23.3 Å². The van der Waals surface area contributed by atoms with E-state index in [1.54, 1.807) is 0 Å². The van der Waals surface area contributed by atoms with Crippen molar-refractivity contribution >= 4 is 16.7 Å². The number of hydrogen-bond donors (Lipinski definition) is 2. The van der Waals surface area contributed by atoms with Crippen molar-refractivity contribution in [1.29, 1.82) is 5.26 Å². The maximum absolute atomic E-state index is 12.2. The molecule has 0 fully saturated rings. The van der Waals surface area contributed by atoms with Gasteiger partial charge in [0, 0.05) is 17.4 Å².